The Labute approximate surface area is 204 Å². The normalized spacial score (nSPS) is 10.3. The van der Waals surface area contributed by atoms with Gasteiger partial charge in [-0.3, -0.25) is 0 Å². The van der Waals surface area contributed by atoms with E-state index in [4.69, 9.17) is 20.6 Å². The van der Waals surface area contributed by atoms with Gasteiger partial charge < -0.3 is 14.2 Å². The smallest absolute Gasteiger partial charge is 0.343 e. The van der Waals surface area contributed by atoms with Gasteiger partial charge in [-0.1, -0.05) is 26.2 Å². The molecule has 0 aliphatic heterocycles. The molecule has 0 aromatic heterocycles. The van der Waals surface area contributed by atoms with Gasteiger partial charge in [0.1, 0.15) is 17.6 Å². The number of esters is 2. The number of terminal acetylenes is 1. The maximum Gasteiger partial charge on any atom is 0.343 e. The molecule has 0 saturated carbocycles. The van der Waals surface area contributed by atoms with Crippen molar-refractivity contribution >= 4 is 11.9 Å². The molecule has 0 spiro atoms. The minimum Gasteiger partial charge on any atom is -0.459 e. The first kappa shape index (κ1) is 25.1. The van der Waals surface area contributed by atoms with E-state index in [1.54, 1.807) is 48.5 Å². The van der Waals surface area contributed by atoms with Gasteiger partial charge in [-0.2, -0.15) is 0 Å². The van der Waals surface area contributed by atoms with E-state index in [9.17, 15) is 9.59 Å². The molecule has 180 valence electrons. The highest BCUT2D eigenvalue weighted by Crippen LogP contribution is 2.18. The summed E-state index contributed by atoms with van der Waals surface area (Å²) < 4.78 is 16.0. The van der Waals surface area contributed by atoms with Crippen LogP contribution in [-0.2, 0) is 4.74 Å². The van der Waals surface area contributed by atoms with Gasteiger partial charge in [0.15, 0.2) is 0 Å². The number of unbranched alkanes of at least 4 members (excludes halogenated alkanes) is 3. The molecule has 0 saturated heterocycles. The number of benzene rings is 2. The molecule has 0 aliphatic rings. The lowest BCUT2D eigenvalue weighted by Gasteiger charge is -2.13. The molecule has 5 heteroatoms. The highest BCUT2D eigenvalue weighted by molar-refractivity contribution is 5.92. The average Bonchev–Trinajstić information content (AvgIpc) is 2.82. The minimum absolute atomic E-state index is 0. The van der Waals surface area contributed by atoms with Crippen LogP contribution in [0.2, 0.25) is 0 Å². The largest absolute Gasteiger partial charge is 0.459 e. The quantitative estimate of drug-likeness (QED) is 0.170. The van der Waals surface area contributed by atoms with Gasteiger partial charge in [-0.25, -0.2) is 9.59 Å². The van der Waals surface area contributed by atoms with Crippen LogP contribution in [0.1, 0.15) is 75.2 Å². The Balaban J connectivity index is -0.000000642. The predicted molar refractivity (Wildman–Crippen MR) is 139 cm³/mol. The van der Waals surface area contributed by atoms with Crippen molar-refractivity contribution in [1.29, 1.82) is 0 Å². The highest BCUT2D eigenvalue weighted by Gasteiger charge is 2.13. The molecule has 0 fully saturated rings. The number of hydrogen-bond donors (Lipinski definition) is 0. The fourth-order valence-electron chi connectivity index (χ4n) is 2.83. The molecule has 2 aromatic rings. The van der Waals surface area contributed by atoms with E-state index in [-0.39, 0.29) is 20.6 Å². The summed E-state index contributed by atoms with van der Waals surface area (Å²) >= 11 is 0. The standard InChI is InChI=1S/C28H26O5.6H2/c1-4-6-8-10-12-22(3)32-27(29)23-15-19-26(20-16-23)33-28(30)24-13-17-25(18-14-24)31-21-11-9-7-5-2;;;;;;/h2,13-20,22H,4,6,8,10,12H2,1,3H3;6*1H. The zero-order chi connectivity index (χ0) is 23.9. The monoisotopic (exact) mass is 454 g/mol. The zero-order valence-electron chi connectivity index (χ0n) is 18.9. The van der Waals surface area contributed by atoms with E-state index >= 15 is 0 Å². The van der Waals surface area contributed by atoms with Crippen molar-refractivity contribution in [2.45, 2.75) is 52.1 Å². The molecular weight excluding hydrogens is 416 g/mol. The summed E-state index contributed by atoms with van der Waals surface area (Å²) in [5, 5.41) is 0. The zero-order valence-corrected chi connectivity index (χ0v) is 18.9. The fourth-order valence-corrected chi connectivity index (χ4v) is 2.83. The van der Waals surface area contributed by atoms with E-state index in [2.05, 4.69) is 36.7 Å². The first-order chi connectivity index (χ1) is 16.0. The van der Waals surface area contributed by atoms with E-state index in [1.165, 1.54) is 12.8 Å². The summed E-state index contributed by atoms with van der Waals surface area (Å²) in [6.07, 6.45) is 12.6. The van der Waals surface area contributed by atoms with Gasteiger partial charge in [0, 0.05) is 20.4 Å². The fraction of sp³-hybridized carbons (Fsp3) is 0.286. The minimum atomic E-state index is -0.538. The third-order valence-electron chi connectivity index (χ3n) is 4.58. The Morgan fingerprint density at radius 1 is 0.879 bits per heavy atom. The van der Waals surface area contributed by atoms with Gasteiger partial charge >= 0.3 is 11.9 Å². The lowest BCUT2D eigenvalue weighted by Crippen LogP contribution is -2.15. The summed E-state index contributed by atoms with van der Waals surface area (Å²) in [5.74, 6) is 9.19. The van der Waals surface area contributed by atoms with Crippen LogP contribution in [0.3, 0.4) is 0 Å². The molecule has 0 heterocycles. The van der Waals surface area contributed by atoms with Crippen LogP contribution >= 0.6 is 0 Å². The molecule has 5 nitrogen and oxygen atoms in total. The van der Waals surface area contributed by atoms with Crippen molar-refractivity contribution in [3.63, 3.8) is 0 Å². The van der Waals surface area contributed by atoms with Gasteiger partial charge in [0.2, 0.25) is 0 Å². The molecule has 0 amide bonds. The number of rotatable bonds is 10. The van der Waals surface area contributed by atoms with Crippen LogP contribution in [0.15, 0.2) is 48.5 Å². The molecule has 0 aliphatic carbocycles. The Hall–Kier alpha value is -4.14. The lowest BCUT2D eigenvalue weighted by molar-refractivity contribution is 0.0319. The van der Waals surface area contributed by atoms with Crippen LogP contribution < -0.4 is 9.47 Å². The molecule has 2 aromatic carbocycles. The van der Waals surface area contributed by atoms with Crippen molar-refractivity contribution in [2.75, 3.05) is 0 Å². The van der Waals surface area contributed by atoms with Crippen LogP contribution in [-0.4, -0.2) is 18.0 Å². The Bertz CT molecular complexity index is 1110. The topological polar surface area (TPSA) is 61.8 Å². The maximum atomic E-state index is 12.3. The predicted octanol–water partition coefficient (Wildman–Crippen LogP) is 6.87. The van der Waals surface area contributed by atoms with Gasteiger partial charge in [-0.05, 0) is 80.1 Å². The third kappa shape index (κ3) is 9.26. The van der Waals surface area contributed by atoms with Crippen molar-refractivity contribution in [3.8, 4) is 47.7 Å². The Morgan fingerprint density at radius 2 is 1.52 bits per heavy atom. The van der Waals surface area contributed by atoms with Crippen molar-refractivity contribution in [1.82, 2.24) is 0 Å². The second-order valence-electron chi connectivity index (χ2n) is 7.23. The van der Waals surface area contributed by atoms with E-state index in [0.717, 1.165) is 19.3 Å². The van der Waals surface area contributed by atoms with Crippen molar-refractivity contribution in [3.05, 3.63) is 59.7 Å². The Morgan fingerprint density at radius 3 is 2.15 bits per heavy atom. The van der Waals surface area contributed by atoms with Gasteiger partial charge in [0.05, 0.1) is 17.2 Å². The lowest BCUT2D eigenvalue weighted by atomic mass is 10.1. The van der Waals surface area contributed by atoms with Crippen molar-refractivity contribution in [2.24, 2.45) is 0 Å². The molecule has 0 radical (unpaired) electrons. The molecule has 1 atom stereocenters. The first-order valence-corrected chi connectivity index (χ1v) is 10.8. The molecule has 1 unspecified atom stereocenters. The summed E-state index contributed by atoms with van der Waals surface area (Å²) in [6, 6.07) is 12.6. The van der Waals surface area contributed by atoms with E-state index in [0.29, 0.717) is 22.6 Å². The number of carbonyl (C=O) groups excluding carboxylic acids is 2. The summed E-state index contributed by atoms with van der Waals surface area (Å²) in [7, 11) is 0. The SMILES string of the molecule is C#CC#CC#COc1ccc(C(=O)Oc2ccc(C(=O)OC(C)CCCCCC)cc2)cc1.[HH].[HH].[HH].[HH].[HH].[HH]. The molecule has 0 N–H and O–H groups in total. The van der Waals surface area contributed by atoms with Gasteiger partial charge in [-0.15, -0.1) is 6.42 Å². The molecule has 0 bridgehead atoms. The number of carbonyl (C=O) groups is 2. The van der Waals surface area contributed by atoms with Crippen LogP contribution in [0.5, 0.6) is 11.5 Å². The van der Waals surface area contributed by atoms with Gasteiger partial charge in [0.25, 0.3) is 0 Å². The molecule has 2 rings (SSSR count). The number of ether oxygens (including phenoxy) is 3. The van der Waals surface area contributed by atoms with E-state index < -0.39 is 5.97 Å². The second-order valence-corrected chi connectivity index (χ2v) is 7.23. The highest BCUT2D eigenvalue weighted by atomic mass is 16.5. The van der Waals surface area contributed by atoms with Crippen LogP contribution in [0.4, 0.5) is 0 Å². The first-order valence-electron chi connectivity index (χ1n) is 10.8. The second kappa shape index (κ2) is 14.0. The summed E-state index contributed by atoms with van der Waals surface area (Å²) in [4.78, 5) is 24.6. The average molecular weight is 455 g/mol. The van der Waals surface area contributed by atoms with E-state index in [1.807, 2.05) is 6.92 Å². The Kier molecular flexibility index (Phi) is 10.7. The van der Waals surface area contributed by atoms with Crippen molar-refractivity contribution < 1.29 is 32.4 Å². The molecule has 33 heavy (non-hydrogen) atoms. The molecular formula is C28H38O5. The number of hydrogen-bond acceptors (Lipinski definition) is 5. The van der Waals surface area contributed by atoms with Crippen LogP contribution in [0.25, 0.3) is 0 Å². The maximum absolute atomic E-state index is 12.3. The third-order valence-corrected chi connectivity index (χ3v) is 4.58. The summed E-state index contributed by atoms with van der Waals surface area (Å²) in [5.41, 5.74) is 0.743. The summed E-state index contributed by atoms with van der Waals surface area (Å²) in [6.45, 7) is 4.06. The van der Waals surface area contributed by atoms with Crippen LogP contribution in [0, 0.1) is 36.2 Å².